The number of hydrogen-bond acceptors (Lipinski definition) is 1. The zero-order chi connectivity index (χ0) is 15.6. The van der Waals surface area contributed by atoms with Gasteiger partial charge in [0.1, 0.15) is 0 Å². The van der Waals surface area contributed by atoms with Gasteiger partial charge in [-0.3, -0.25) is 4.79 Å². The molecule has 21 heavy (non-hydrogen) atoms. The summed E-state index contributed by atoms with van der Waals surface area (Å²) in [6, 6.07) is 0. The molecular weight excluding hydrogens is 280 g/mol. The van der Waals surface area contributed by atoms with E-state index in [9.17, 15) is 4.79 Å². The van der Waals surface area contributed by atoms with Crippen molar-refractivity contribution < 1.29 is 4.79 Å². The Hall–Kier alpha value is -0.820. The second-order valence-electron chi connectivity index (χ2n) is 5.31. The average Bonchev–Trinajstić information content (AvgIpc) is 2.46. The summed E-state index contributed by atoms with van der Waals surface area (Å²) in [5.74, 6) is 0. The molecule has 0 aromatic heterocycles. The first kappa shape index (κ1) is 20.2. The second-order valence-corrected chi connectivity index (χ2v) is 5.73. The molecule has 0 aliphatic heterocycles. The SMILES string of the molecule is CCC=CCC=CCC=CCCCCCCCCC(=O)Cl. The van der Waals surface area contributed by atoms with Gasteiger partial charge in [-0.2, -0.15) is 0 Å². The molecule has 0 aromatic rings. The first-order chi connectivity index (χ1) is 10.3. The van der Waals surface area contributed by atoms with Gasteiger partial charge in [0, 0.05) is 6.42 Å². The summed E-state index contributed by atoms with van der Waals surface area (Å²) in [6.45, 7) is 2.16. The lowest BCUT2D eigenvalue weighted by molar-refractivity contribution is -0.111. The summed E-state index contributed by atoms with van der Waals surface area (Å²) >= 11 is 5.29. The van der Waals surface area contributed by atoms with Gasteiger partial charge in [-0.1, -0.05) is 69.1 Å². The molecule has 0 aliphatic rings. The van der Waals surface area contributed by atoms with E-state index >= 15 is 0 Å². The number of allylic oxidation sites excluding steroid dienone is 6. The predicted octanol–water partition coefficient (Wildman–Crippen LogP) is 6.73. The largest absolute Gasteiger partial charge is 0.281 e. The predicted molar refractivity (Wildman–Crippen MR) is 94.7 cm³/mol. The van der Waals surface area contributed by atoms with Gasteiger partial charge in [-0.05, 0) is 50.1 Å². The van der Waals surface area contributed by atoms with Crippen LogP contribution in [0.5, 0.6) is 0 Å². The Bertz CT molecular complexity index is 316. The van der Waals surface area contributed by atoms with Gasteiger partial charge >= 0.3 is 0 Å². The maximum Gasteiger partial charge on any atom is 0.221 e. The number of hydrogen-bond donors (Lipinski definition) is 0. The van der Waals surface area contributed by atoms with E-state index in [4.69, 9.17) is 11.6 Å². The highest BCUT2D eigenvalue weighted by Crippen LogP contribution is 2.09. The van der Waals surface area contributed by atoms with Crippen LogP contribution in [-0.4, -0.2) is 5.24 Å². The Kier molecular flexibility index (Phi) is 16.6. The molecule has 2 heteroatoms. The zero-order valence-corrected chi connectivity index (χ0v) is 14.3. The molecular formula is C19H31ClO. The summed E-state index contributed by atoms with van der Waals surface area (Å²) in [7, 11) is 0. The van der Waals surface area contributed by atoms with Crippen molar-refractivity contribution in [3.8, 4) is 0 Å². The minimum atomic E-state index is -0.199. The third-order valence-electron chi connectivity index (χ3n) is 3.27. The van der Waals surface area contributed by atoms with Crippen molar-refractivity contribution in [2.24, 2.45) is 0 Å². The van der Waals surface area contributed by atoms with Crippen LogP contribution in [0.1, 0.15) is 77.6 Å². The summed E-state index contributed by atoms with van der Waals surface area (Å²) in [5.41, 5.74) is 0. The van der Waals surface area contributed by atoms with Crippen molar-refractivity contribution in [3.05, 3.63) is 36.5 Å². The topological polar surface area (TPSA) is 17.1 Å². The van der Waals surface area contributed by atoms with Gasteiger partial charge < -0.3 is 0 Å². The first-order valence-electron chi connectivity index (χ1n) is 8.40. The number of carbonyl (C=O) groups excluding carboxylic acids is 1. The van der Waals surface area contributed by atoms with Crippen LogP contribution in [0.4, 0.5) is 0 Å². The second kappa shape index (κ2) is 17.2. The first-order valence-corrected chi connectivity index (χ1v) is 8.78. The average molecular weight is 311 g/mol. The summed E-state index contributed by atoms with van der Waals surface area (Å²) < 4.78 is 0. The number of carbonyl (C=O) groups is 1. The normalized spacial score (nSPS) is 12.1. The van der Waals surface area contributed by atoms with Gasteiger partial charge in [-0.15, -0.1) is 0 Å². The molecule has 0 spiro atoms. The Labute approximate surface area is 136 Å². The fourth-order valence-corrected chi connectivity index (χ4v) is 2.19. The van der Waals surface area contributed by atoms with Crippen molar-refractivity contribution in [1.82, 2.24) is 0 Å². The summed E-state index contributed by atoms with van der Waals surface area (Å²) in [4.78, 5) is 10.5. The molecule has 0 heterocycles. The van der Waals surface area contributed by atoms with Crippen molar-refractivity contribution >= 4 is 16.8 Å². The molecule has 0 saturated heterocycles. The molecule has 0 N–H and O–H groups in total. The number of unbranched alkanes of at least 4 members (excludes halogenated alkanes) is 6. The molecule has 0 amide bonds. The van der Waals surface area contributed by atoms with E-state index in [0.717, 1.165) is 32.1 Å². The van der Waals surface area contributed by atoms with Crippen LogP contribution >= 0.6 is 11.6 Å². The van der Waals surface area contributed by atoms with Gasteiger partial charge in [-0.25, -0.2) is 0 Å². The maximum absolute atomic E-state index is 10.5. The standard InChI is InChI=1S/C19H31ClO/c1-2-3-4-5-6-7-8-9-10-11-12-13-14-15-16-17-18-19(20)21/h3-4,6-7,9-10H,2,5,8,11-18H2,1H3. The van der Waals surface area contributed by atoms with E-state index in [1.807, 2.05) is 0 Å². The fraction of sp³-hybridized carbons (Fsp3) is 0.632. The molecule has 0 fully saturated rings. The lowest BCUT2D eigenvalue weighted by atomic mass is 10.1. The van der Waals surface area contributed by atoms with E-state index in [2.05, 4.69) is 43.4 Å². The molecule has 120 valence electrons. The Balaban J connectivity index is 3.22. The molecule has 0 rings (SSSR count). The highest BCUT2D eigenvalue weighted by Gasteiger charge is 1.95. The van der Waals surface area contributed by atoms with Gasteiger partial charge in [0.2, 0.25) is 5.24 Å². The Morgan fingerprint density at radius 1 is 0.762 bits per heavy atom. The van der Waals surface area contributed by atoms with E-state index < -0.39 is 0 Å². The highest BCUT2D eigenvalue weighted by molar-refractivity contribution is 6.63. The van der Waals surface area contributed by atoms with E-state index in [0.29, 0.717) is 6.42 Å². The molecule has 0 saturated carbocycles. The van der Waals surface area contributed by atoms with Crippen LogP contribution in [0, 0.1) is 0 Å². The molecule has 0 bridgehead atoms. The molecule has 0 radical (unpaired) electrons. The van der Waals surface area contributed by atoms with Crippen molar-refractivity contribution in [3.63, 3.8) is 0 Å². The van der Waals surface area contributed by atoms with E-state index in [1.54, 1.807) is 0 Å². The highest BCUT2D eigenvalue weighted by atomic mass is 35.5. The molecule has 1 nitrogen and oxygen atoms in total. The van der Waals surface area contributed by atoms with Crippen molar-refractivity contribution in [1.29, 1.82) is 0 Å². The van der Waals surface area contributed by atoms with Crippen molar-refractivity contribution in [2.45, 2.75) is 77.6 Å². The zero-order valence-electron chi connectivity index (χ0n) is 13.5. The number of rotatable bonds is 14. The van der Waals surface area contributed by atoms with Gasteiger partial charge in [0.25, 0.3) is 0 Å². The van der Waals surface area contributed by atoms with Crippen LogP contribution in [0.25, 0.3) is 0 Å². The minimum Gasteiger partial charge on any atom is -0.281 e. The van der Waals surface area contributed by atoms with Crippen molar-refractivity contribution in [2.75, 3.05) is 0 Å². The van der Waals surface area contributed by atoms with E-state index in [-0.39, 0.29) is 5.24 Å². The van der Waals surface area contributed by atoms with Crippen LogP contribution in [-0.2, 0) is 4.79 Å². The maximum atomic E-state index is 10.5. The Morgan fingerprint density at radius 2 is 1.29 bits per heavy atom. The third kappa shape index (κ3) is 19.2. The lowest BCUT2D eigenvalue weighted by Crippen LogP contribution is -1.86. The molecule has 0 aliphatic carbocycles. The number of halogens is 1. The smallest absolute Gasteiger partial charge is 0.221 e. The molecule has 0 atom stereocenters. The van der Waals surface area contributed by atoms with Crippen LogP contribution in [0.2, 0.25) is 0 Å². The molecule has 0 aromatic carbocycles. The van der Waals surface area contributed by atoms with Gasteiger partial charge in [0.15, 0.2) is 0 Å². The monoisotopic (exact) mass is 310 g/mol. The van der Waals surface area contributed by atoms with Crippen LogP contribution < -0.4 is 0 Å². The fourth-order valence-electron chi connectivity index (χ4n) is 2.06. The minimum absolute atomic E-state index is 0.199. The third-order valence-corrected chi connectivity index (χ3v) is 3.46. The lowest BCUT2D eigenvalue weighted by Gasteiger charge is -1.99. The van der Waals surface area contributed by atoms with Crippen LogP contribution in [0.3, 0.4) is 0 Å². The Morgan fingerprint density at radius 3 is 1.90 bits per heavy atom. The van der Waals surface area contributed by atoms with Crippen LogP contribution in [0.15, 0.2) is 36.5 Å². The van der Waals surface area contributed by atoms with Gasteiger partial charge in [0.05, 0.1) is 0 Å². The quantitative estimate of drug-likeness (QED) is 0.197. The van der Waals surface area contributed by atoms with E-state index in [1.165, 1.54) is 32.1 Å². The summed E-state index contributed by atoms with van der Waals surface area (Å²) in [6.07, 6.45) is 25.5. The molecule has 0 unspecified atom stereocenters. The summed E-state index contributed by atoms with van der Waals surface area (Å²) in [5, 5.41) is -0.199.